The van der Waals surface area contributed by atoms with E-state index in [2.05, 4.69) is 29.4 Å². The maximum atomic E-state index is 12.7. The molecule has 1 fully saturated rings. The van der Waals surface area contributed by atoms with Gasteiger partial charge in [-0.05, 0) is 29.5 Å². The molecule has 0 aliphatic heterocycles. The normalized spacial score (nSPS) is 23.1. The molecule has 1 aliphatic carbocycles. The summed E-state index contributed by atoms with van der Waals surface area (Å²) < 4.78 is 0. The SMILES string of the molecule is CC1(C)CC1(C(=O)Nc1cccnn1)c1ccccc1. The fraction of sp³-hybridized carbons (Fsp3) is 0.312. The maximum absolute atomic E-state index is 12.7. The molecule has 1 atom stereocenters. The molecule has 3 rings (SSSR count). The van der Waals surface area contributed by atoms with E-state index in [0.717, 1.165) is 12.0 Å². The summed E-state index contributed by atoms with van der Waals surface area (Å²) in [5.74, 6) is 0.490. The molecule has 20 heavy (non-hydrogen) atoms. The summed E-state index contributed by atoms with van der Waals surface area (Å²) in [6, 6.07) is 13.5. The Morgan fingerprint density at radius 2 is 1.85 bits per heavy atom. The third-order valence-corrected chi connectivity index (χ3v) is 4.21. The van der Waals surface area contributed by atoms with Crippen molar-refractivity contribution in [3.05, 3.63) is 54.2 Å². The molecule has 2 aromatic rings. The van der Waals surface area contributed by atoms with Crippen molar-refractivity contribution in [1.82, 2.24) is 10.2 Å². The summed E-state index contributed by atoms with van der Waals surface area (Å²) in [7, 11) is 0. The number of amides is 1. The van der Waals surface area contributed by atoms with E-state index in [1.807, 2.05) is 30.3 Å². The Balaban J connectivity index is 1.92. The molecule has 0 bridgehead atoms. The van der Waals surface area contributed by atoms with Gasteiger partial charge in [-0.15, -0.1) is 5.10 Å². The number of hydrogen-bond acceptors (Lipinski definition) is 3. The molecule has 1 aliphatic rings. The topological polar surface area (TPSA) is 54.9 Å². The Morgan fingerprint density at radius 3 is 2.40 bits per heavy atom. The van der Waals surface area contributed by atoms with Crippen LogP contribution in [0.25, 0.3) is 0 Å². The molecular weight excluding hydrogens is 250 g/mol. The highest BCUT2D eigenvalue weighted by molar-refractivity contribution is 6.02. The first-order valence-corrected chi connectivity index (χ1v) is 6.71. The number of nitrogens with zero attached hydrogens (tertiary/aromatic N) is 2. The minimum atomic E-state index is -0.466. The number of carbonyl (C=O) groups is 1. The van der Waals surface area contributed by atoms with Crippen molar-refractivity contribution in [3.8, 4) is 0 Å². The number of carbonyl (C=O) groups excluding carboxylic acids is 1. The second-order valence-corrected chi connectivity index (χ2v) is 5.90. The van der Waals surface area contributed by atoms with Gasteiger partial charge in [0.25, 0.3) is 0 Å². The van der Waals surface area contributed by atoms with Gasteiger partial charge in [-0.2, -0.15) is 5.10 Å². The molecule has 4 heteroatoms. The summed E-state index contributed by atoms with van der Waals surface area (Å²) >= 11 is 0. The largest absolute Gasteiger partial charge is 0.308 e. The Bertz CT molecular complexity index is 625. The molecule has 0 saturated heterocycles. The van der Waals surface area contributed by atoms with Crippen LogP contribution in [-0.2, 0) is 10.2 Å². The number of hydrogen-bond donors (Lipinski definition) is 1. The van der Waals surface area contributed by atoms with E-state index in [1.54, 1.807) is 18.3 Å². The van der Waals surface area contributed by atoms with Gasteiger partial charge in [-0.25, -0.2) is 0 Å². The van der Waals surface area contributed by atoms with Crippen LogP contribution in [0, 0.1) is 5.41 Å². The van der Waals surface area contributed by atoms with Gasteiger partial charge in [-0.1, -0.05) is 44.2 Å². The summed E-state index contributed by atoms with van der Waals surface area (Å²) in [5, 5.41) is 10.6. The van der Waals surface area contributed by atoms with E-state index in [9.17, 15) is 4.79 Å². The van der Waals surface area contributed by atoms with Crippen LogP contribution in [-0.4, -0.2) is 16.1 Å². The summed E-state index contributed by atoms with van der Waals surface area (Å²) in [6.45, 7) is 4.24. The lowest BCUT2D eigenvalue weighted by molar-refractivity contribution is -0.119. The van der Waals surface area contributed by atoms with Crippen molar-refractivity contribution in [2.24, 2.45) is 5.41 Å². The van der Waals surface area contributed by atoms with E-state index >= 15 is 0 Å². The van der Waals surface area contributed by atoms with Crippen LogP contribution in [0.5, 0.6) is 0 Å². The third-order valence-electron chi connectivity index (χ3n) is 4.21. The highest BCUT2D eigenvalue weighted by Crippen LogP contribution is 2.64. The first-order chi connectivity index (χ1) is 9.56. The number of anilines is 1. The van der Waals surface area contributed by atoms with Crippen molar-refractivity contribution >= 4 is 11.7 Å². The second-order valence-electron chi connectivity index (χ2n) is 5.90. The second kappa shape index (κ2) is 4.40. The highest BCUT2D eigenvalue weighted by Gasteiger charge is 2.67. The van der Waals surface area contributed by atoms with E-state index in [0.29, 0.717) is 5.82 Å². The Labute approximate surface area is 118 Å². The lowest BCUT2D eigenvalue weighted by atomic mass is 9.87. The fourth-order valence-corrected chi connectivity index (χ4v) is 2.94. The van der Waals surface area contributed by atoms with Crippen LogP contribution in [0.2, 0.25) is 0 Å². The molecule has 1 aromatic heterocycles. The summed E-state index contributed by atoms with van der Waals surface area (Å²) in [6.07, 6.45) is 2.43. The zero-order valence-electron chi connectivity index (χ0n) is 11.6. The van der Waals surface area contributed by atoms with Crippen LogP contribution >= 0.6 is 0 Å². The Morgan fingerprint density at radius 1 is 1.15 bits per heavy atom. The first kappa shape index (κ1) is 12.8. The summed E-state index contributed by atoms with van der Waals surface area (Å²) in [5.41, 5.74) is 0.554. The van der Waals surface area contributed by atoms with E-state index in [1.165, 1.54) is 0 Å². The monoisotopic (exact) mass is 267 g/mol. The van der Waals surface area contributed by atoms with Gasteiger partial charge in [-0.3, -0.25) is 4.79 Å². The molecule has 1 unspecified atom stereocenters. The first-order valence-electron chi connectivity index (χ1n) is 6.71. The van der Waals surface area contributed by atoms with Gasteiger partial charge in [0.2, 0.25) is 5.91 Å². The smallest absolute Gasteiger partial charge is 0.236 e. The standard InChI is InChI=1S/C16H17N3O/c1-15(2)11-16(15,12-7-4-3-5-8-12)14(20)18-13-9-6-10-17-19-13/h3-10H,11H2,1-2H3,(H,18,19,20). The van der Waals surface area contributed by atoms with Crippen molar-refractivity contribution in [2.75, 3.05) is 5.32 Å². The van der Waals surface area contributed by atoms with Crippen molar-refractivity contribution in [3.63, 3.8) is 0 Å². The van der Waals surface area contributed by atoms with Crippen molar-refractivity contribution in [2.45, 2.75) is 25.7 Å². The van der Waals surface area contributed by atoms with Crippen LogP contribution < -0.4 is 5.32 Å². The molecule has 102 valence electrons. The van der Waals surface area contributed by atoms with Crippen LogP contribution in [0.15, 0.2) is 48.7 Å². The van der Waals surface area contributed by atoms with Crippen LogP contribution in [0.3, 0.4) is 0 Å². The zero-order chi connectivity index (χ0) is 14.2. The molecule has 1 amide bonds. The van der Waals surface area contributed by atoms with E-state index in [4.69, 9.17) is 0 Å². The van der Waals surface area contributed by atoms with Gasteiger partial charge in [0.1, 0.15) is 0 Å². The maximum Gasteiger partial charge on any atom is 0.236 e. The molecule has 1 saturated carbocycles. The minimum Gasteiger partial charge on any atom is -0.308 e. The number of nitrogens with one attached hydrogen (secondary N) is 1. The van der Waals surface area contributed by atoms with E-state index in [-0.39, 0.29) is 11.3 Å². The molecule has 1 N–H and O–H groups in total. The average molecular weight is 267 g/mol. The number of benzene rings is 1. The molecule has 1 aromatic carbocycles. The average Bonchev–Trinajstić information content (AvgIpc) is 3.05. The van der Waals surface area contributed by atoms with Crippen LogP contribution in [0.1, 0.15) is 25.8 Å². The minimum absolute atomic E-state index is 0.00537. The lowest BCUT2D eigenvalue weighted by Gasteiger charge is -2.20. The zero-order valence-corrected chi connectivity index (χ0v) is 11.6. The van der Waals surface area contributed by atoms with Gasteiger partial charge in [0.15, 0.2) is 5.82 Å². The highest BCUT2D eigenvalue weighted by atomic mass is 16.2. The predicted molar refractivity (Wildman–Crippen MR) is 77.2 cm³/mol. The predicted octanol–water partition coefficient (Wildman–Crippen LogP) is 2.78. The summed E-state index contributed by atoms with van der Waals surface area (Å²) in [4.78, 5) is 12.7. The lowest BCUT2D eigenvalue weighted by Crippen LogP contribution is -2.32. The third kappa shape index (κ3) is 1.88. The van der Waals surface area contributed by atoms with Gasteiger partial charge < -0.3 is 5.32 Å². The molecule has 1 heterocycles. The molecule has 0 radical (unpaired) electrons. The number of aromatic nitrogens is 2. The van der Waals surface area contributed by atoms with Crippen molar-refractivity contribution in [1.29, 1.82) is 0 Å². The van der Waals surface area contributed by atoms with Gasteiger partial charge in [0, 0.05) is 6.20 Å². The van der Waals surface area contributed by atoms with E-state index < -0.39 is 5.41 Å². The van der Waals surface area contributed by atoms with Crippen molar-refractivity contribution < 1.29 is 4.79 Å². The molecular formula is C16H17N3O. The Hall–Kier alpha value is -2.23. The molecule has 4 nitrogen and oxygen atoms in total. The van der Waals surface area contributed by atoms with Crippen LogP contribution in [0.4, 0.5) is 5.82 Å². The fourth-order valence-electron chi connectivity index (χ4n) is 2.94. The van der Waals surface area contributed by atoms with Gasteiger partial charge in [0.05, 0.1) is 5.41 Å². The van der Waals surface area contributed by atoms with Gasteiger partial charge >= 0.3 is 0 Å². The number of rotatable bonds is 3. The Kier molecular flexibility index (Phi) is 2.82. The molecule has 0 spiro atoms. The quantitative estimate of drug-likeness (QED) is 0.930.